The van der Waals surface area contributed by atoms with Crippen LogP contribution >= 0.6 is 0 Å². The number of nitrogens with zero attached hydrogens (tertiary/aromatic N) is 2. The predicted octanol–water partition coefficient (Wildman–Crippen LogP) is 0.829. The molecule has 1 amide bonds. The first-order valence-electron chi connectivity index (χ1n) is 8.97. The monoisotopic (exact) mass is 352 g/mol. The minimum atomic E-state index is -0.104. The van der Waals surface area contributed by atoms with Crippen molar-refractivity contribution in [3.8, 4) is 0 Å². The molecule has 2 fully saturated rings. The first kappa shape index (κ1) is 18.4. The van der Waals surface area contributed by atoms with Gasteiger partial charge in [-0.3, -0.25) is 9.69 Å². The molecule has 1 aromatic heterocycles. The number of ether oxygens (including phenoxy) is 2. The average molecular weight is 352 g/mol. The quantitative estimate of drug-likeness (QED) is 0.817. The summed E-state index contributed by atoms with van der Waals surface area (Å²) in [5.74, 6) is 1.37. The summed E-state index contributed by atoms with van der Waals surface area (Å²) in [6.45, 7) is 6.10. The number of carbonyl (C=O) groups is 1. The van der Waals surface area contributed by atoms with Crippen molar-refractivity contribution >= 4 is 5.91 Å². The van der Waals surface area contributed by atoms with Crippen molar-refractivity contribution in [3.05, 3.63) is 23.7 Å². The molecule has 140 valence electrons. The summed E-state index contributed by atoms with van der Waals surface area (Å²) in [5.41, 5.74) is 0. The van der Waals surface area contributed by atoms with Gasteiger partial charge in [0.25, 0.3) is 5.91 Å². The van der Waals surface area contributed by atoms with Crippen LogP contribution < -0.4 is 0 Å². The smallest absolute Gasteiger partial charge is 0.289 e. The van der Waals surface area contributed by atoms with E-state index in [0.29, 0.717) is 37.1 Å². The number of furan rings is 1. The van der Waals surface area contributed by atoms with Crippen molar-refractivity contribution in [2.75, 3.05) is 59.7 Å². The fourth-order valence-corrected chi connectivity index (χ4v) is 3.77. The summed E-state index contributed by atoms with van der Waals surface area (Å²) in [7, 11) is 1.59. The first-order chi connectivity index (χ1) is 12.2. The highest BCUT2D eigenvalue weighted by Crippen LogP contribution is 2.25. The van der Waals surface area contributed by atoms with Gasteiger partial charge in [0.15, 0.2) is 5.76 Å². The van der Waals surface area contributed by atoms with Crippen LogP contribution in [-0.4, -0.2) is 80.5 Å². The Morgan fingerprint density at radius 3 is 2.76 bits per heavy atom. The van der Waals surface area contributed by atoms with Crippen LogP contribution in [0.25, 0.3) is 0 Å². The summed E-state index contributed by atoms with van der Waals surface area (Å²) in [6.07, 6.45) is 0.949. The lowest BCUT2D eigenvalue weighted by atomic mass is 9.89. The van der Waals surface area contributed by atoms with Crippen LogP contribution in [0.3, 0.4) is 0 Å². The van der Waals surface area contributed by atoms with Gasteiger partial charge in [0.1, 0.15) is 12.4 Å². The third kappa shape index (κ3) is 4.82. The zero-order chi connectivity index (χ0) is 17.6. The molecule has 0 saturated carbocycles. The highest BCUT2D eigenvalue weighted by Gasteiger charge is 2.32. The van der Waals surface area contributed by atoms with Gasteiger partial charge in [-0.1, -0.05) is 0 Å². The van der Waals surface area contributed by atoms with Gasteiger partial charge in [-0.05, 0) is 30.4 Å². The lowest BCUT2D eigenvalue weighted by Gasteiger charge is -2.39. The largest absolute Gasteiger partial charge is 0.453 e. The van der Waals surface area contributed by atoms with Gasteiger partial charge in [0, 0.05) is 46.4 Å². The van der Waals surface area contributed by atoms with E-state index in [2.05, 4.69) is 4.90 Å². The molecule has 0 unspecified atom stereocenters. The topological polar surface area (TPSA) is 75.4 Å². The van der Waals surface area contributed by atoms with Crippen molar-refractivity contribution in [1.82, 2.24) is 9.80 Å². The number of rotatable bonds is 6. The van der Waals surface area contributed by atoms with E-state index in [-0.39, 0.29) is 18.4 Å². The van der Waals surface area contributed by atoms with E-state index in [1.807, 2.05) is 4.90 Å². The number of aliphatic hydroxyl groups excluding tert-OH is 1. The molecule has 2 atom stereocenters. The first-order valence-corrected chi connectivity index (χ1v) is 8.97. The molecule has 7 nitrogen and oxygen atoms in total. The van der Waals surface area contributed by atoms with Crippen molar-refractivity contribution in [1.29, 1.82) is 0 Å². The molecule has 3 heterocycles. The second kappa shape index (κ2) is 8.80. The number of aliphatic hydroxyl groups is 1. The third-order valence-corrected chi connectivity index (χ3v) is 4.95. The Labute approximate surface area is 148 Å². The van der Waals surface area contributed by atoms with E-state index < -0.39 is 0 Å². The van der Waals surface area contributed by atoms with Crippen LogP contribution in [0.15, 0.2) is 16.5 Å². The van der Waals surface area contributed by atoms with Gasteiger partial charge < -0.3 is 23.9 Å². The summed E-state index contributed by atoms with van der Waals surface area (Å²) in [4.78, 5) is 17.0. The van der Waals surface area contributed by atoms with E-state index in [1.54, 1.807) is 19.2 Å². The van der Waals surface area contributed by atoms with Gasteiger partial charge in [-0.25, -0.2) is 0 Å². The second-order valence-electron chi connectivity index (χ2n) is 6.97. The Kier molecular flexibility index (Phi) is 6.47. The molecule has 1 N–H and O–H groups in total. The highest BCUT2D eigenvalue weighted by atomic mass is 16.5. The molecular formula is C18H28N2O5. The van der Waals surface area contributed by atoms with E-state index in [0.717, 1.165) is 39.3 Å². The van der Waals surface area contributed by atoms with Gasteiger partial charge in [-0.2, -0.15) is 0 Å². The Bertz CT molecular complexity index is 555. The molecule has 0 bridgehead atoms. The van der Waals surface area contributed by atoms with Crippen molar-refractivity contribution in [2.24, 2.45) is 11.8 Å². The molecule has 2 aliphatic heterocycles. The van der Waals surface area contributed by atoms with Crippen LogP contribution in [0.5, 0.6) is 0 Å². The van der Waals surface area contributed by atoms with Crippen LogP contribution in [0.2, 0.25) is 0 Å². The normalized spacial score (nSPS) is 25.3. The van der Waals surface area contributed by atoms with Gasteiger partial charge in [-0.15, -0.1) is 0 Å². The number of morpholine rings is 1. The number of hydrogen-bond acceptors (Lipinski definition) is 6. The lowest BCUT2D eigenvalue weighted by Crippen LogP contribution is -2.49. The van der Waals surface area contributed by atoms with Crippen molar-refractivity contribution in [3.63, 3.8) is 0 Å². The standard InChI is InChI=1S/C18H28N2O5/c1-23-13-16-2-3-17(25-16)18(22)20-10-14(8-15(11-20)12-21)9-19-4-6-24-7-5-19/h2-3,14-15,21H,4-13H2,1H3/t14-,15-/m1/s1. The molecule has 0 radical (unpaired) electrons. The van der Waals surface area contributed by atoms with Gasteiger partial charge >= 0.3 is 0 Å². The molecule has 0 aliphatic carbocycles. The third-order valence-electron chi connectivity index (χ3n) is 4.95. The molecule has 7 heteroatoms. The van der Waals surface area contributed by atoms with Crippen LogP contribution in [0.4, 0.5) is 0 Å². The highest BCUT2D eigenvalue weighted by molar-refractivity contribution is 5.91. The SMILES string of the molecule is COCc1ccc(C(=O)N2C[C@H](CO)C[C@H](CN3CCOCC3)C2)o1. The molecule has 3 rings (SSSR count). The number of methoxy groups -OCH3 is 1. The predicted molar refractivity (Wildman–Crippen MR) is 91.3 cm³/mol. The van der Waals surface area contributed by atoms with Crippen LogP contribution in [0, 0.1) is 11.8 Å². The van der Waals surface area contributed by atoms with Gasteiger partial charge in [0.05, 0.1) is 13.2 Å². The van der Waals surface area contributed by atoms with E-state index in [9.17, 15) is 9.90 Å². The van der Waals surface area contributed by atoms with Crippen LogP contribution in [-0.2, 0) is 16.1 Å². The second-order valence-corrected chi connectivity index (χ2v) is 6.97. The lowest BCUT2D eigenvalue weighted by molar-refractivity contribution is 0.0123. The molecule has 0 spiro atoms. The average Bonchev–Trinajstić information content (AvgIpc) is 3.10. The minimum Gasteiger partial charge on any atom is -0.453 e. The molecule has 0 aromatic carbocycles. The fraction of sp³-hybridized carbons (Fsp3) is 0.722. The van der Waals surface area contributed by atoms with E-state index >= 15 is 0 Å². The molecular weight excluding hydrogens is 324 g/mol. The Hall–Kier alpha value is -1.41. The number of amides is 1. The Morgan fingerprint density at radius 2 is 2.04 bits per heavy atom. The Balaban J connectivity index is 1.63. The molecule has 2 saturated heterocycles. The van der Waals surface area contributed by atoms with Crippen molar-refractivity contribution < 1.29 is 23.8 Å². The number of carbonyl (C=O) groups excluding carboxylic acids is 1. The summed E-state index contributed by atoms with van der Waals surface area (Å²) in [5, 5.41) is 9.65. The molecule has 1 aromatic rings. The summed E-state index contributed by atoms with van der Waals surface area (Å²) in [6, 6.07) is 3.48. The maximum atomic E-state index is 12.8. The number of likely N-dealkylation sites (tertiary alicyclic amines) is 1. The summed E-state index contributed by atoms with van der Waals surface area (Å²) >= 11 is 0. The minimum absolute atomic E-state index is 0.104. The van der Waals surface area contributed by atoms with Crippen molar-refractivity contribution in [2.45, 2.75) is 13.0 Å². The van der Waals surface area contributed by atoms with Crippen LogP contribution in [0.1, 0.15) is 22.7 Å². The fourth-order valence-electron chi connectivity index (χ4n) is 3.77. The zero-order valence-electron chi connectivity index (χ0n) is 14.9. The zero-order valence-corrected chi connectivity index (χ0v) is 14.9. The number of piperidine rings is 1. The maximum Gasteiger partial charge on any atom is 0.289 e. The van der Waals surface area contributed by atoms with Gasteiger partial charge in [0.2, 0.25) is 0 Å². The van der Waals surface area contributed by atoms with E-state index in [1.165, 1.54) is 0 Å². The molecule has 25 heavy (non-hydrogen) atoms. The Morgan fingerprint density at radius 1 is 1.28 bits per heavy atom. The number of hydrogen-bond donors (Lipinski definition) is 1. The molecule has 2 aliphatic rings. The van der Waals surface area contributed by atoms with E-state index in [4.69, 9.17) is 13.9 Å². The maximum absolute atomic E-state index is 12.8. The summed E-state index contributed by atoms with van der Waals surface area (Å²) < 4.78 is 16.0.